The van der Waals surface area contributed by atoms with Crippen molar-refractivity contribution in [3.05, 3.63) is 29.6 Å². The Morgan fingerprint density at radius 3 is 2.68 bits per heavy atom. The van der Waals surface area contributed by atoms with Crippen molar-refractivity contribution in [3.8, 4) is 0 Å². The van der Waals surface area contributed by atoms with Gasteiger partial charge < -0.3 is 10.1 Å². The number of hydrogen-bond acceptors (Lipinski definition) is 5. The predicted molar refractivity (Wildman–Crippen MR) is 78.6 cm³/mol. The van der Waals surface area contributed by atoms with E-state index in [1.165, 1.54) is 0 Å². The maximum atomic E-state index is 13.6. The molecule has 0 bridgehead atoms. The van der Waals surface area contributed by atoms with E-state index in [4.69, 9.17) is 4.74 Å². The third-order valence-electron chi connectivity index (χ3n) is 3.35. The van der Waals surface area contributed by atoms with Crippen molar-refractivity contribution < 1.29 is 22.3 Å². The van der Waals surface area contributed by atoms with E-state index in [9.17, 15) is 17.6 Å². The van der Waals surface area contributed by atoms with Gasteiger partial charge in [0.05, 0.1) is 17.1 Å². The quantitative estimate of drug-likeness (QED) is 0.788. The summed E-state index contributed by atoms with van der Waals surface area (Å²) in [6, 6.07) is 2.79. The number of carbonyl (C=O) groups is 1. The molecule has 122 valence electrons. The van der Waals surface area contributed by atoms with Crippen LogP contribution in [0.1, 0.15) is 30.1 Å². The molecule has 0 amide bonds. The Kier molecular flexibility index (Phi) is 5.49. The summed E-state index contributed by atoms with van der Waals surface area (Å²) in [4.78, 5) is 11.4. The number of nitrogens with one attached hydrogen (secondary N) is 2. The van der Waals surface area contributed by atoms with Gasteiger partial charge >= 0.3 is 5.97 Å². The molecule has 6 nitrogen and oxygen atoms in total. The lowest BCUT2D eigenvalue weighted by molar-refractivity contribution is 0.0525. The summed E-state index contributed by atoms with van der Waals surface area (Å²) in [6.45, 7) is 3.20. The van der Waals surface area contributed by atoms with E-state index >= 15 is 0 Å². The molecule has 0 radical (unpaired) electrons. The zero-order chi connectivity index (χ0) is 16.2. The van der Waals surface area contributed by atoms with Crippen LogP contribution in [-0.4, -0.2) is 40.1 Å². The number of rotatable bonds is 5. The molecule has 0 saturated carbocycles. The first-order chi connectivity index (χ1) is 10.4. The fourth-order valence-corrected chi connectivity index (χ4v) is 3.64. The van der Waals surface area contributed by atoms with Crippen molar-refractivity contribution in [2.24, 2.45) is 0 Å². The van der Waals surface area contributed by atoms with Gasteiger partial charge in [-0.1, -0.05) is 0 Å². The Labute approximate surface area is 129 Å². The summed E-state index contributed by atoms with van der Waals surface area (Å²) in [5.74, 6) is -1.54. The van der Waals surface area contributed by atoms with Crippen LogP contribution in [0, 0.1) is 5.82 Å². The van der Waals surface area contributed by atoms with Crippen LogP contribution >= 0.6 is 0 Å². The third kappa shape index (κ3) is 4.25. The van der Waals surface area contributed by atoms with Gasteiger partial charge in [0.15, 0.2) is 0 Å². The predicted octanol–water partition coefficient (Wildman–Crippen LogP) is 1.03. The van der Waals surface area contributed by atoms with Crippen LogP contribution < -0.4 is 10.0 Å². The average molecular weight is 330 g/mol. The molecular weight excluding hydrogens is 311 g/mol. The van der Waals surface area contributed by atoms with Gasteiger partial charge in [-0.2, -0.15) is 0 Å². The molecular formula is C14H19FN2O4S. The molecule has 1 saturated heterocycles. The number of sulfonamides is 1. The van der Waals surface area contributed by atoms with Crippen molar-refractivity contribution in [2.45, 2.75) is 30.7 Å². The number of halogens is 1. The Morgan fingerprint density at radius 2 is 2.05 bits per heavy atom. The van der Waals surface area contributed by atoms with Crippen molar-refractivity contribution >= 4 is 16.0 Å². The Bertz CT molecular complexity index is 642. The van der Waals surface area contributed by atoms with Gasteiger partial charge in [-0.3, -0.25) is 0 Å². The molecule has 1 aliphatic rings. The van der Waals surface area contributed by atoms with Crippen LogP contribution in [-0.2, 0) is 14.8 Å². The second kappa shape index (κ2) is 7.17. The van der Waals surface area contributed by atoms with Crippen LogP contribution in [0.25, 0.3) is 0 Å². The summed E-state index contributed by atoms with van der Waals surface area (Å²) >= 11 is 0. The van der Waals surface area contributed by atoms with E-state index in [0.29, 0.717) is 12.8 Å². The molecule has 8 heteroatoms. The van der Waals surface area contributed by atoms with Gasteiger partial charge in [-0.15, -0.1) is 0 Å². The highest BCUT2D eigenvalue weighted by molar-refractivity contribution is 7.89. The lowest BCUT2D eigenvalue weighted by atomic mass is 10.1. The Balaban J connectivity index is 2.24. The Hall–Kier alpha value is -1.51. The highest BCUT2D eigenvalue weighted by Crippen LogP contribution is 2.17. The second-order valence-electron chi connectivity index (χ2n) is 5.04. The summed E-state index contributed by atoms with van der Waals surface area (Å²) in [6.07, 6.45) is 1.33. The lowest BCUT2D eigenvalue weighted by Crippen LogP contribution is -2.42. The average Bonchev–Trinajstić information content (AvgIpc) is 2.47. The zero-order valence-corrected chi connectivity index (χ0v) is 13.1. The van der Waals surface area contributed by atoms with Crippen molar-refractivity contribution in [1.82, 2.24) is 10.0 Å². The van der Waals surface area contributed by atoms with Gasteiger partial charge in [0.25, 0.3) is 0 Å². The van der Waals surface area contributed by atoms with Gasteiger partial charge in [-0.25, -0.2) is 22.3 Å². The Morgan fingerprint density at radius 1 is 1.36 bits per heavy atom. The minimum atomic E-state index is -3.88. The SMILES string of the molecule is CCOC(=O)c1cc(F)cc(S(=O)(=O)NC2CCNCC2)c1. The number of piperidine rings is 1. The number of esters is 1. The maximum Gasteiger partial charge on any atom is 0.338 e. The van der Waals surface area contributed by atoms with Crippen molar-refractivity contribution in [2.75, 3.05) is 19.7 Å². The van der Waals surface area contributed by atoms with E-state index in [1.807, 2.05) is 0 Å². The molecule has 0 unspecified atom stereocenters. The molecule has 1 aromatic rings. The van der Waals surface area contributed by atoms with E-state index in [-0.39, 0.29) is 23.1 Å². The molecule has 0 aromatic heterocycles. The lowest BCUT2D eigenvalue weighted by Gasteiger charge is -2.23. The number of ether oxygens (including phenoxy) is 1. The summed E-state index contributed by atoms with van der Waals surface area (Å²) in [7, 11) is -3.88. The van der Waals surface area contributed by atoms with Crippen LogP contribution in [0.15, 0.2) is 23.1 Å². The fraction of sp³-hybridized carbons (Fsp3) is 0.500. The molecule has 0 aliphatic carbocycles. The molecule has 0 spiro atoms. The van der Waals surface area contributed by atoms with Gasteiger partial charge in [-0.05, 0) is 51.1 Å². The van der Waals surface area contributed by atoms with E-state index < -0.39 is 21.8 Å². The summed E-state index contributed by atoms with van der Waals surface area (Å²) in [5.41, 5.74) is -0.118. The van der Waals surface area contributed by atoms with Crippen LogP contribution in [0.4, 0.5) is 4.39 Å². The van der Waals surface area contributed by atoms with Crippen LogP contribution in [0.3, 0.4) is 0 Å². The first-order valence-electron chi connectivity index (χ1n) is 7.13. The van der Waals surface area contributed by atoms with Gasteiger partial charge in [0.1, 0.15) is 5.82 Å². The second-order valence-corrected chi connectivity index (χ2v) is 6.76. The first kappa shape index (κ1) is 16.9. The van der Waals surface area contributed by atoms with Crippen molar-refractivity contribution in [3.63, 3.8) is 0 Å². The summed E-state index contributed by atoms with van der Waals surface area (Å²) < 4.78 is 45.6. The molecule has 1 aromatic carbocycles. The molecule has 1 heterocycles. The standard InChI is InChI=1S/C14H19FN2O4S/c1-2-21-14(18)10-7-11(15)9-13(8-10)22(19,20)17-12-3-5-16-6-4-12/h7-9,12,16-17H,2-6H2,1H3. The number of carbonyl (C=O) groups excluding carboxylic acids is 1. The van der Waals surface area contributed by atoms with Crippen molar-refractivity contribution in [1.29, 1.82) is 0 Å². The number of hydrogen-bond donors (Lipinski definition) is 2. The smallest absolute Gasteiger partial charge is 0.338 e. The van der Waals surface area contributed by atoms with Gasteiger partial charge in [0.2, 0.25) is 10.0 Å². The molecule has 2 N–H and O–H groups in total. The highest BCUT2D eigenvalue weighted by atomic mass is 32.2. The van der Waals surface area contributed by atoms with Gasteiger partial charge in [0, 0.05) is 6.04 Å². The maximum absolute atomic E-state index is 13.6. The molecule has 0 atom stereocenters. The third-order valence-corrected chi connectivity index (χ3v) is 4.85. The zero-order valence-electron chi connectivity index (χ0n) is 12.3. The monoisotopic (exact) mass is 330 g/mol. The molecule has 2 rings (SSSR count). The first-order valence-corrected chi connectivity index (χ1v) is 8.61. The minimum absolute atomic E-state index is 0.118. The molecule has 22 heavy (non-hydrogen) atoms. The number of benzene rings is 1. The van der Waals surface area contributed by atoms with Crippen LogP contribution in [0.2, 0.25) is 0 Å². The largest absolute Gasteiger partial charge is 0.462 e. The topological polar surface area (TPSA) is 84.5 Å². The molecule has 1 aliphatic heterocycles. The van der Waals surface area contributed by atoms with E-state index in [0.717, 1.165) is 31.3 Å². The fourth-order valence-electron chi connectivity index (χ4n) is 2.28. The highest BCUT2D eigenvalue weighted by Gasteiger charge is 2.23. The summed E-state index contributed by atoms with van der Waals surface area (Å²) in [5, 5.41) is 3.13. The van der Waals surface area contributed by atoms with E-state index in [2.05, 4.69) is 10.0 Å². The van der Waals surface area contributed by atoms with Crippen LogP contribution in [0.5, 0.6) is 0 Å². The molecule has 1 fully saturated rings. The minimum Gasteiger partial charge on any atom is -0.462 e. The normalized spacial score (nSPS) is 16.5. The van der Waals surface area contributed by atoms with E-state index in [1.54, 1.807) is 6.92 Å².